The number of hydrogen-bond donors (Lipinski definition) is 0. The fraction of sp³-hybridized carbons (Fsp3) is 0.143. The molecule has 0 radical (unpaired) electrons. The Balaban J connectivity index is 2.43. The Morgan fingerprint density at radius 3 is 1.19 bits per heavy atom. The smallest absolute Gasteiger partial charge is 0.207 e. The molecule has 21 heavy (non-hydrogen) atoms. The molecule has 0 spiro atoms. The van der Waals surface area contributed by atoms with E-state index in [0.29, 0.717) is 0 Å². The Hall–Kier alpha value is -2.18. The largest absolute Gasteiger partial charge is 0.497 e. The molecule has 0 aromatic heterocycles. The van der Waals surface area contributed by atoms with Crippen LogP contribution in [0.2, 0.25) is 0 Å². The number of ether oxygens (including phenoxy) is 2. The molecule has 2 nitrogen and oxygen atoms in total. The van der Waals surface area contributed by atoms with Crippen molar-refractivity contribution in [2.45, 2.75) is 0 Å². The summed E-state index contributed by atoms with van der Waals surface area (Å²) in [6.07, 6.45) is 0. The van der Waals surface area contributed by atoms with Crippen LogP contribution < -0.4 is 20.4 Å². The van der Waals surface area contributed by atoms with Crippen LogP contribution in [-0.2, 0) is 0 Å². The van der Waals surface area contributed by atoms with Crippen LogP contribution in [0.4, 0.5) is 17.6 Å². The molecule has 2 rings (SSSR count). The van der Waals surface area contributed by atoms with Gasteiger partial charge >= 0.3 is 0 Å². The highest BCUT2D eigenvalue weighted by Gasteiger charge is 2.19. The van der Waals surface area contributed by atoms with Crippen LogP contribution in [0.3, 0.4) is 0 Å². The van der Waals surface area contributed by atoms with Crippen LogP contribution in [-0.4, -0.2) is 21.5 Å². The standard InChI is InChI=1S/C14H11BF4O2/c1-20-7-3-9(16)13(10(17)4-7)15-14-11(18)5-8(21-2)6-12(14)19/h3-6,15H,1-2H3. The van der Waals surface area contributed by atoms with Gasteiger partial charge in [0.1, 0.15) is 34.8 Å². The van der Waals surface area contributed by atoms with Crippen molar-refractivity contribution in [1.29, 1.82) is 0 Å². The maximum Gasteiger partial charge on any atom is 0.207 e. The maximum atomic E-state index is 13.8. The number of halogens is 4. The Morgan fingerprint density at radius 2 is 0.952 bits per heavy atom. The van der Waals surface area contributed by atoms with Gasteiger partial charge in [0.05, 0.1) is 14.2 Å². The summed E-state index contributed by atoms with van der Waals surface area (Å²) in [5.41, 5.74) is -0.863. The molecule has 0 atom stereocenters. The van der Waals surface area contributed by atoms with Gasteiger partial charge in [-0.25, -0.2) is 17.6 Å². The molecule has 0 fully saturated rings. The van der Waals surface area contributed by atoms with Crippen molar-refractivity contribution in [3.63, 3.8) is 0 Å². The normalized spacial score (nSPS) is 10.4. The predicted octanol–water partition coefficient (Wildman–Crippen LogP) is 1.65. The van der Waals surface area contributed by atoms with E-state index in [1.165, 1.54) is 14.2 Å². The van der Waals surface area contributed by atoms with Gasteiger partial charge in [-0.1, -0.05) is 0 Å². The van der Waals surface area contributed by atoms with E-state index < -0.39 is 41.5 Å². The lowest BCUT2D eigenvalue weighted by molar-refractivity contribution is 0.407. The van der Waals surface area contributed by atoms with E-state index >= 15 is 0 Å². The van der Waals surface area contributed by atoms with E-state index in [-0.39, 0.29) is 11.5 Å². The molecule has 0 unspecified atom stereocenters. The summed E-state index contributed by atoms with van der Waals surface area (Å²) in [5.74, 6) is -3.74. The molecule has 0 heterocycles. The molecule has 0 amide bonds. The zero-order chi connectivity index (χ0) is 15.6. The fourth-order valence-electron chi connectivity index (χ4n) is 1.91. The molecule has 7 heteroatoms. The monoisotopic (exact) mass is 298 g/mol. The topological polar surface area (TPSA) is 18.5 Å². The molecule has 110 valence electrons. The first kappa shape index (κ1) is 15.2. The van der Waals surface area contributed by atoms with Crippen molar-refractivity contribution >= 4 is 18.2 Å². The molecule has 0 bridgehead atoms. The Labute approximate surface area is 119 Å². The summed E-state index contributed by atoms with van der Waals surface area (Å²) in [5, 5.41) is 0. The third-order valence-electron chi connectivity index (χ3n) is 3.05. The lowest BCUT2D eigenvalue weighted by Gasteiger charge is -2.09. The zero-order valence-electron chi connectivity index (χ0n) is 11.3. The molecule has 0 N–H and O–H groups in total. The van der Waals surface area contributed by atoms with Gasteiger partial charge in [0.25, 0.3) is 0 Å². The third kappa shape index (κ3) is 3.12. The number of rotatable bonds is 4. The molecule has 0 aliphatic heterocycles. The second kappa shape index (κ2) is 6.07. The van der Waals surface area contributed by atoms with Gasteiger partial charge in [0, 0.05) is 24.3 Å². The fourth-order valence-corrected chi connectivity index (χ4v) is 1.91. The van der Waals surface area contributed by atoms with E-state index in [1.54, 1.807) is 0 Å². The third-order valence-corrected chi connectivity index (χ3v) is 3.05. The quantitative estimate of drug-likeness (QED) is 0.631. The lowest BCUT2D eigenvalue weighted by Crippen LogP contribution is -2.36. The van der Waals surface area contributed by atoms with Gasteiger partial charge in [-0.15, -0.1) is 0 Å². The van der Waals surface area contributed by atoms with E-state index in [0.717, 1.165) is 24.3 Å². The molecule has 0 aliphatic rings. The first-order chi connectivity index (χ1) is 9.96. The molecular weight excluding hydrogens is 287 g/mol. The zero-order valence-corrected chi connectivity index (χ0v) is 11.3. The first-order valence-electron chi connectivity index (χ1n) is 6.00. The van der Waals surface area contributed by atoms with Crippen LogP contribution >= 0.6 is 0 Å². The SMILES string of the molecule is COc1cc(F)c(Bc2c(F)cc(OC)cc2F)c(F)c1. The highest BCUT2D eigenvalue weighted by atomic mass is 19.1. The van der Waals surface area contributed by atoms with Gasteiger partial charge in [-0.3, -0.25) is 0 Å². The maximum absolute atomic E-state index is 13.8. The van der Waals surface area contributed by atoms with Gasteiger partial charge in [-0.05, 0) is 10.9 Å². The van der Waals surface area contributed by atoms with E-state index in [9.17, 15) is 17.6 Å². The van der Waals surface area contributed by atoms with Crippen LogP contribution in [0.5, 0.6) is 11.5 Å². The van der Waals surface area contributed by atoms with Crippen molar-refractivity contribution in [3.05, 3.63) is 47.5 Å². The van der Waals surface area contributed by atoms with E-state index in [1.807, 2.05) is 0 Å². The molecule has 0 saturated carbocycles. The van der Waals surface area contributed by atoms with Crippen molar-refractivity contribution in [2.75, 3.05) is 14.2 Å². The summed E-state index contributed by atoms with van der Waals surface area (Å²) >= 11 is 0. The summed E-state index contributed by atoms with van der Waals surface area (Å²) in [6.45, 7) is 0. The van der Waals surface area contributed by atoms with Crippen molar-refractivity contribution < 1.29 is 27.0 Å². The van der Waals surface area contributed by atoms with Gasteiger partial charge in [-0.2, -0.15) is 0 Å². The van der Waals surface area contributed by atoms with E-state index in [2.05, 4.69) is 0 Å². The Kier molecular flexibility index (Phi) is 4.40. The summed E-state index contributed by atoms with van der Waals surface area (Å²) in [7, 11) is 1.97. The van der Waals surface area contributed by atoms with Crippen molar-refractivity contribution in [3.8, 4) is 11.5 Å². The Morgan fingerprint density at radius 1 is 0.667 bits per heavy atom. The van der Waals surface area contributed by atoms with Crippen LogP contribution in [0.15, 0.2) is 24.3 Å². The van der Waals surface area contributed by atoms with Gasteiger partial charge < -0.3 is 9.47 Å². The minimum absolute atomic E-state index is 0.00979. The average Bonchev–Trinajstić information content (AvgIpc) is 2.44. The van der Waals surface area contributed by atoms with Gasteiger partial charge in [0.15, 0.2) is 0 Å². The van der Waals surface area contributed by atoms with Crippen LogP contribution in [0.1, 0.15) is 0 Å². The predicted molar refractivity (Wildman–Crippen MR) is 72.2 cm³/mol. The van der Waals surface area contributed by atoms with Crippen LogP contribution in [0.25, 0.3) is 0 Å². The second-order valence-corrected chi connectivity index (χ2v) is 4.32. The van der Waals surface area contributed by atoms with Crippen LogP contribution in [0, 0.1) is 23.3 Å². The highest BCUT2D eigenvalue weighted by Crippen LogP contribution is 2.15. The Bertz CT molecular complexity index is 573. The average molecular weight is 298 g/mol. The van der Waals surface area contributed by atoms with E-state index in [4.69, 9.17) is 9.47 Å². The molecule has 0 saturated heterocycles. The minimum atomic E-state index is -0.929. The van der Waals surface area contributed by atoms with Gasteiger partial charge in [0.2, 0.25) is 7.28 Å². The molecule has 2 aromatic rings. The first-order valence-corrected chi connectivity index (χ1v) is 6.00. The number of benzene rings is 2. The summed E-state index contributed by atoms with van der Waals surface area (Å²) in [6, 6.07) is 3.82. The highest BCUT2D eigenvalue weighted by molar-refractivity contribution is 6.67. The second-order valence-electron chi connectivity index (χ2n) is 4.32. The minimum Gasteiger partial charge on any atom is -0.497 e. The lowest BCUT2D eigenvalue weighted by atomic mass is 9.63. The molecule has 2 aromatic carbocycles. The summed E-state index contributed by atoms with van der Waals surface area (Å²) in [4.78, 5) is 0. The van der Waals surface area contributed by atoms with Crippen molar-refractivity contribution in [2.24, 2.45) is 0 Å². The molecular formula is C14H11BF4O2. The molecule has 0 aliphatic carbocycles. The van der Waals surface area contributed by atoms with Crippen molar-refractivity contribution in [1.82, 2.24) is 0 Å². The number of methoxy groups -OCH3 is 2. The number of hydrogen-bond acceptors (Lipinski definition) is 2. The summed E-state index contributed by atoms with van der Waals surface area (Å²) < 4.78 is 64.6.